The molecule has 0 unspecified atom stereocenters. The van der Waals surface area contributed by atoms with Gasteiger partial charge in [0.15, 0.2) is 0 Å². The molecule has 0 N–H and O–H groups in total. The van der Waals surface area contributed by atoms with Crippen LogP contribution in [0.5, 0.6) is 5.75 Å². The molecule has 35 heavy (non-hydrogen) atoms. The lowest BCUT2D eigenvalue weighted by Gasteiger charge is -2.26. The minimum atomic E-state index is -3.56. The van der Waals surface area contributed by atoms with E-state index in [0.29, 0.717) is 38.6 Å². The third-order valence-corrected chi connectivity index (χ3v) is 7.65. The first-order chi connectivity index (χ1) is 17.0. The molecule has 0 spiro atoms. The summed E-state index contributed by atoms with van der Waals surface area (Å²) in [6, 6.07) is 23.6. The van der Waals surface area contributed by atoms with Crippen molar-refractivity contribution in [1.29, 1.82) is 0 Å². The number of anilines is 1. The van der Waals surface area contributed by atoms with Gasteiger partial charge in [-0.1, -0.05) is 42.5 Å². The van der Waals surface area contributed by atoms with E-state index in [1.165, 1.54) is 10.4 Å². The molecular formula is C27H28N2O5S. The molecule has 1 aliphatic heterocycles. The second kappa shape index (κ2) is 11.3. The summed E-state index contributed by atoms with van der Waals surface area (Å²) in [6.07, 6.45) is 3.19. The van der Waals surface area contributed by atoms with E-state index in [2.05, 4.69) is 0 Å². The summed E-state index contributed by atoms with van der Waals surface area (Å²) in [7, 11) is -1.96. The van der Waals surface area contributed by atoms with E-state index in [1.54, 1.807) is 42.4 Å². The molecule has 0 aliphatic carbocycles. The number of nitrogens with zero attached hydrogens (tertiary/aromatic N) is 2. The zero-order valence-corrected chi connectivity index (χ0v) is 20.4. The molecule has 1 fully saturated rings. The van der Waals surface area contributed by atoms with Crippen LogP contribution in [-0.4, -0.2) is 52.0 Å². The molecule has 182 valence electrons. The Hall–Kier alpha value is -3.46. The summed E-state index contributed by atoms with van der Waals surface area (Å²) >= 11 is 0. The smallest absolute Gasteiger partial charge is 0.251 e. The number of methoxy groups -OCH3 is 1. The van der Waals surface area contributed by atoms with Gasteiger partial charge < -0.3 is 14.4 Å². The normalized spacial score (nSPS) is 14.7. The van der Waals surface area contributed by atoms with Crippen LogP contribution in [0, 0.1) is 0 Å². The van der Waals surface area contributed by atoms with Crippen molar-refractivity contribution in [3.05, 3.63) is 96.1 Å². The monoisotopic (exact) mass is 492 g/mol. The van der Waals surface area contributed by atoms with Gasteiger partial charge in [0.2, 0.25) is 10.0 Å². The van der Waals surface area contributed by atoms with Crippen LogP contribution in [0.1, 0.15) is 11.1 Å². The van der Waals surface area contributed by atoms with Crippen LogP contribution < -0.4 is 9.64 Å². The molecule has 1 amide bonds. The zero-order valence-electron chi connectivity index (χ0n) is 19.5. The standard InChI is InChI=1S/C27H28N2O5S/c1-33-25-12-10-24(11-13-25)29(21-23-5-3-2-4-6-23)27(30)16-9-22-7-14-26(15-8-22)35(31,32)28-17-19-34-20-18-28/h2-16H,17-21H2,1H3/b16-9+. The zero-order chi connectivity index (χ0) is 24.7. The lowest BCUT2D eigenvalue weighted by atomic mass is 10.1. The Labute approximate surface area is 206 Å². The maximum Gasteiger partial charge on any atom is 0.251 e. The van der Waals surface area contributed by atoms with E-state index in [1.807, 2.05) is 54.6 Å². The molecular weight excluding hydrogens is 464 g/mol. The Morgan fingerprint density at radius 3 is 2.26 bits per heavy atom. The highest BCUT2D eigenvalue weighted by Crippen LogP contribution is 2.23. The summed E-state index contributed by atoms with van der Waals surface area (Å²) in [5.74, 6) is 0.521. The molecule has 7 nitrogen and oxygen atoms in total. The highest BCUT2D eigenvalue weighted by Gasteiger charge is 2.26. The van der Waals surface area contributed by atoms with Crippen LogP contribution in [0.4, 0.5) is 5.69 Å². The van der Waals surface area contributed by atoms with Crippen molar-refractivity contribution in [3.8, 4) is 5.75 Å². The lowest BCUT2D eigenvalue weighted by molar-refractivity contribution is -0.114. The summed E-state index contributed by atoms with van der Waals surface area (Å²) in [6.45, 7) is 1.90. The number of rotatable bonds is 8. The van der Waals surface area contributed by atoms with Gasteiger partial charge in [-0.3, -0.25) is 4.79 Å². The molecule has 4 rings (SSSR count). The predicted octanol–water partition coefficient (Wildman–Crippen LogP) is 3.96. The number of carbonyl (C=O) groups is 1. The molecule has 3 aromatic carbocycles. The molecule has 3 aromatic rings. The van der Waals surface area contributed by atoms with Crippen molar-refractivity contribution in [2.24, 2.45) is 0 Å². The molecule has 0 aromatic heterocycles. The number of carbonyl (C=O) groups excluding carboxylic acids is 1. The van der Waals surface area contributed by atoms with E-state index in [9.17, 15) is 13.2 Å². The number of ether oxygens (including phenoxy) is 2. The average Bonchev–Trinajstić information content (AvgIpc) is 2.92. The molecule has 1 aliphatic rings. The lowest BCUT2D eigenvalue weighted by Crippen LogP contribution is -2.40. The van der Waals surface area contributed by atoms with Gasteiger partial charge in [-0.05, 0) is 53.6 Å². The van der Waals surface area contributed by atoms with Crippen molar-refractivity contribution in [1.82, 2.24) is 4.31 Å². The maximum atomic E-state index is 13.2. The first-order valence-electron chi connectivity index (χ1n) is 11.3. The van der Waals surface area contributed by atoms with E-state index < -0.39 is 10.0 Å². The summed E-state index contributed by atoms with van der Waals surface area (Å²) in [5.41, 5.74) is 2.48. The van der Waals surface area contributed by atoms with E-state index in [0.717, 1.165) is 16.8 Å². The topological polar surface area (TPSA) is 76.2 Å². The Balaban J connectivity index is 1.51. The second-order valence-corrected chi connectivity index (χ2v) is 9.96. The number of hydrogen-bond donors (Lipinski definition) is 0. The van der Waals surface area contributed by atoms with Crippen LogP contribution in [0.2, 0.25) is 0 Å². The second-order valence-electron chi connectivity index (χ2n) is 8.03. The fourth-order valence-corrected chi connectivity index (χ4v) is 5.18. The first kappa shape index (κ1) is 24.7. The predicted molar refractivity (Wildman–Crippen MR) is 136 cm³/mol. The fourth-order valence-electron chi connectivity index (χ4n) is 3.77. The molecule has 0 radical (unpaired) electrons. The third-order valence-electron chi connectivity index (χ3n) is 5.74. The van der Waals surface area contributed by atoms with Crippen molar-refractivity contribution in [3.63, 3.8) is 0 Å². The molecule has 0 bridgehead atoms. The van der Waals surface area contributed by atoms with Gasteiger partial charge in [0.1, 0.15) is 5.75 Å². The van der Waals surface area contributed by atoms with Crippen LogP contribution >= 0.6 is 0 Å². The number of hydrogen-bond acceptors (Lipinski definition) is 5. The van der Waals surface area contributed by atoms with Gasteiger partial charge in [-0.25, -0.2) is 8.42 Å². The van der Waals surface area contributed by atoms with Crippen LogP contribution in [0.15, 0.2) is 89.8 Å². The summed E-state index contributed by atoms with van der Waals surface area (Å²) in [4.78, 5) is 15.1. The van der Waals surface area contributed by atoms with Crippen molar-refractivity contribution < 1.29 is 22.7 Å². The largest absolute Gasteiger partial charge is 0.497 e. The van der Waals surface area contributed by atoms with Gasteiger partial charge in [0.25, 0.3) is 5.91 Å². The molecule has 0 saturated carbocycles. The minimum absolute atomic E-state index is 0.191. The molecule has 8 heteroatoms. The van der Waals surface area contributed by atoms with Crippen LogP contribution in [-0.2, 0) is 26.1 Å². The average molecular weight is 493 g/mol. The molecule has 0 atom stereocenters. The first-order valence-corrected chi connectivity index (χ1v) is 12.8. The highest BCUT2D eigenvalue weighted by molar-refractivity contribution is 7.89. The number of amides is 1. The van der Waals surface area contributed by atoms with E-state index >= 15 is 0 Å². The number of morpholine rings is 1. The number of sulfonamides is 1. The van der Waals surface area contributed by atoms with Crippen LogP contribution in [0.3, 0.4) is 0 Å². The fraction of sp³-hybridized carbons (Fsp3) is 0.222. The number of benzene rings is 3. The van der Waals surface area contributed by atoms with Crippen LogP contribution in [0.25, 0.3) is 6.08 Å². The van der Waals surface area contributed by atoms with E-state index in [-0.39, 0.29) is 10.8 Å². The van der Waals surface area contributed by atoms with Crippen molar-refractivity contribution in [2.75, 3.05) is 38.3 Å². The van der Waals surface area contributed by atoms with Crippen molar-refractivity contribution >= 4 is 27.7 Å². The van der Waals surface area contributed by atoms with Gasteiger partial charge >= 0.3 is 0 Å². The maximum absolute atomic E-state index is 13.2. The summed E-state index contributed by atoms with van der Waals surface area (Å²) in [5, 5.41) is 0. The SMILES string of the molecule is COc1ccc(N(Cc2ccccc2)C(=O)/C=C/c2ccc(S(=O)(=O)N3CCOCC3)cc2)cc1. The van der Waals surface area contributed by atoms with E-state index in [4.69, 9.17) is 9.47 Å². The highest BCUT2D eigenvalue weighted by atomic mass is 32.2. The van der Waals surface area contributed by atoms with Crippen molar-refractivity contribution in [2.45, 2.75) is 11.4 Å². The molecule has 1 heterocycles. The van der Waals surface area contributed by atoms with Gasteiger partial charge in [-0.15, -0.1) is 0 Å². The van der Waals surface area contributed by atoms with Gasteiger partial charge in [-0.2, -0.15) is 4.31 Å². The quantitative estimate of drug-likeness (QED) is 0.445. The molecule has 1 saturated heterocycles. The van der Waals surface area contributed by atoms with Gasteiger partial charge in [0, 0.05) is 24.9 Å². The third kappa shape index (κ3) is 6.16. The Morgan fingerprint density at radius 1 is 0.971 bits per heavy atom. The Morgan fingerprint density at radius 2 is 1.63 bits per heavy atom. The Kier molecular flexibility index (Phi) is 7.97. The minimum Gasteiger partial charge on any atom is -0.497 e. The summed E-state index contributed by atoms with van der Waals surface area (Å²) < 4.78 is 37.5. The Bertz CT molecular complexity index is 1250. The van der Waals surface area contributed by atoms with Gasteiger partial charge in [0.05, 0.1) is 31.8 Å².